The van der Waals surface area contributed by atoms with Gasteiger partial charge in [-0.15, -0.1) is 0 Å². The number of nitrogens with zero attached hydrogens (tertiary/aromatic N) is 1. The van der Waals surface area contributed by atoms with Gasteiger partial charge in [0.1, 0.15) is 0 Å². The molecule has 3 heteroatoms. The van der Waals surface area contributed by atoms with Crippen molar-refractivity contribution in [3.63, 3.8) is 0 Å². The third-order valence-electron chi connectivity index (χ3n) is 2.51. The van der Waals surface area contributed by atoms with Crippen LogP contribution < -0.4 is 0 Å². The monoisotopic (exact) mass is 183 g/mol. The van der Waals surface area contributed by atoms with Crippen LogP contribution >= 0.6 is 0 Å². The predicted octanol–water partition coefficient (Wildman–Crippen LogP) is 2.21. The Labute approximate surface area is 79.1 Å². The van der Waals surface area contributed by atoms with Gasteiger partial charge in [-0.3, -0.25) is 0 Å². The van der Waals surface area contributed by atoms with Gasteiger partial charge in [0.25, 0.3) is 0 Å². The van der Waals surface area contributed by atoms with Gasteiger partial charge in [-0.1, -0.05) is 11.2 Å². The summed E-state index contributed by atoms with van der Waals surface area (Å²) in [5.74, 6) is 0.746. The third kappa shape index (κ3) is 3.59. The first-order chi connectivity index (χ1) is 6.36. The first-order valence-electron chi connectivity index (χ1n) is 4.72. The first-order valence-corrected chi connectivity index (χ1v) is 4.72. The standard InChI is InChI=1S/C10H17NO2/c1-13-7-6-9-2-4-10(5-3-9)8-11-12/h4,8-9,12H,2-3,5-7H2,1H3/b11-8+. The highest BCUT2D eigenvalue weighted by molar-refractivity contribution is 5.77. The van der Waals surface area contributed by atoms with E-state index in [0.717, 1.165) is 37.4 Å². The summed E-state index contributed by atoms with van der Waals surface area (Å²) in [6, 6.07) is 0. The topological polar surface area (TPSA) is 41.8 Å². The van der Waals surface area contributed by atoms with Gasteiger partial charge in [0.05, 0.1) is 6.21 Å². The lowest BCUT2D eigenvalue weighted by atomic mass is 9.88. The molecule has 0 fully saturated rings. The molecular weight excluding hydrogens is 166 g/mol. The molecule has 1 N–H and O–H groups in total. The first kappa shape index (κ1) is 10.3. The number of oxime groups is 1. The molecule has 0 aliphatic heterocycles. The fourth-order valence-electron chi connectivity index (χ4n) is 1.65. The van der Waals surface area contributed by atoms with E-state index in [1.165, 1.54) is 12.6 Å². The second-order valence-corrected chi connectivity index (χ2v) is 3.45. The van der Waals surface area contributed by atoms with Crippen LogP contribution in [0.15, 0.2) is 16.8 Å². The minimum Gasteiger partial charge on any atom is -0.411 e. The highest BCUT2D eigenvalue weighted by atomic mass is 16.5. The van der Waals surface area contributed by atoms with Gasteiger partial charge in [-0.05, 0) is 37.2 Å². The zero-order chi connectivity index (χ0) is 9.52. The van der Waals surface area contributed by atoms with Crippen LogP contribution in [0, 0.1) is 5.92 Å². The summed E-state index contributed by atoms with van der Waals surface area (Å²) in [5.41, 5.74) is 1.15. The zero-order valence-corrected chi connectivity index (χ0v) is 8.07. The Morgan fingerprint density at radius 2 is 2.62 bits per heavy atom. The maximum atomic E-state index is 8.33. The van der Waals surface area contributed by atoms with Gasteiger partial charge in [0.15, 0.2) is 0 Å². The van der Waals surface area contributed by atoms with Crippen molar-refractivity contribution in [2.45, 2.75) is 25.7 Å². The predicted molar refractivity (Wildman–Crippen MR) is 52.2 cm³/mol. The molecule has 1 unspecified atom stereocenters. The van der Waals surface area contributed by atoms with Crippen LogP contribution in [0.4, 0.5) is 0 Å². The summed E-state index contributed by atoms with van der Waals surface area (Å²) < 4.78 is 5.03. The molecule has 0 aromatic rings. The molecule has 74 valence electrons. The number of ether oxygens (including phenoxy) is 1. The van der Waals surface area contributed by atoms with Gasteiger partial charge < -0.3 is 9.94 Å². The largest absolute Gasteiger partial charge is 0.411 e. The number of rotatable bonds is 4. The molecule has 3 nitrogen and oxygen atoms in total. The lowest BCUT2D eigenvalue weighted by Crippen LogP contribution is -2.08. The Bertz CT molecular complexity index is 199. The Morgan fingerprint density at radius 3 is 3.15 bits per heavy atom. The van der Waals surface area contributed by atoms with Crippen LogP contribution in [0.2, 0.25) is 0 Å². The fraction of sp³-hybridized carbons (Fsp3) is 0.700. The van der Waals surface area contributed by atoms with Gasteiger partial charge in [-0.2, -0.15) is 0 Å². The minimum atomic E-state index is 0.746. The Morgan fingerprint density at radius 1 is 1.77 bits per heavy atom. The molecule has 0 bridgehead atoms. The Balaban J connectivity index is 2.28. The average molecular weight is 183 g/mol. The molecule has 13 heavy (non-hydrogen) atoms. The summed E-state index contributed by atoms with van der Waals surface area (Å²) in [7, 11) is 1.74. The van der Waals surface area contributed by atoms with Gasteiger partial charge >= 0.3 is 0 Å². The van der Waals surface area contributed by atoms with Crippen molar-refractivity contribution in [1.29, 1.82) is 0 Å². The second-order valence-electron chi connectivity index (χ2n) is 3.45. The molecule has 0 aromatic heterocycles. The average Bonchev–Trinajstić information content (AvgIpc) is 2.17. The maximum Gasteiger partial charge on any atom is 0.0690 e. The summed E-state index contributed by atoms with van der Waals surface area (Å²) in [4.78, 5) is 0. The van der Waals surface area contributed by atoms with E-state index in [1.54, 1.807) is 7.11 Å². The van der Waals surface area contributed by atoms with E-state index in [0.29, 0.717) is 0 Å². The molecule has 0 aromatic carbocycles. The van der Waals surface area contributed by atoms with Crippen LogP contribution in [0.1, 0.15) is 25.7 Å². The molecule has 1 aliphatic carbocycles. The van der Waals surface area contributed by atoms with E-state index in [9.17, 15) is 0 Å². The smallest absolute Gasteiger partial charge is 0.0690 e. The number of allylic oxidation sites excluding steroid dienone is 2. The lowest BCUT2D eigenvalue weighted by molar-refractivity contribution is 0.174. The summed E-state index contributed by atoms with van der Waals surface area (Å²) in [5, 5.41) is 11.4. The second kappa shape index (κ2) is 5.75. The summed E-state index contributed by atoms with van der Waals surface area (Å²) in [6.07, 6.45) is 8.12. The number of methoxy groups -OCH3 is 1. The van der Waals surface area contributed by atoms with Gasteiger partial charge in [0, 0.05) is 13.7 Å². The van der Waals surface area contributed by atoms with E-state index in [-0.39, 0.29) is 0 Å². The highest BCUT2D eigenvalue weighted by Gasteiger charge is 2.12. The fourth-order valence-corrected chi connectivity index (χ4v) is 1.65. The molecule has 1 rings (SSSR count). The van der Waals surface area contributed by atoms with Gasteiger partial charge in [-0.25, -0.2) is 0 Å². The van der Waals surface area contributed by atoms with E-state index in [4.69, 9.17) is 9.94 Å². The molecule has 0 heterocycles. The Hall–Kier alpha value is -0.830. The molecule has 1 aliphatic rings. The van der Waals surface area contributed by atoms with Crippen LogP contribution in [0.3, 0.4) is 0 Å². The minimum absolute atomic E-state index is 0.746. The van der Waals surface area contributed by atoms with Gasteiger partial charge in [0.2, 0.25) is 0 Å². The molecular formula is C10H17NO2. The SMILES string of the molecule is COCCC1CC=C(/C=N/O)CC1. The van der Waals surface area contributed by atoms with Crippen LogP contribution in [-0.2, 0) is 4.74 Å². The zero-order valence-electron chi connectivity index (χ0n) is 8.07. The van der Waals surface area contributed by atoms with E-state index < -0.39 is 0 Å². The third-order valence-corrected chi connectivity index (χ3v) is 2.51. The molecule has 0 radical (unpaired) electrons. The normalized spacial score (nSPS) is 23.5. The molecule has 0 spiro atoms. The quantitative estimate of drug-likeness (QED) is 0.412. The van der Waals surface area contributed by atoms with Crippen molar-refractivity contribution in [1.82, 2.24) is 0 Å². The van der Waals surface area contributed by atoms with Crippen LogP contribution in [-0.4, -0.2) is 25.1 Å². The van der Waals surface area contributed by atoms with Crippen molar-refractivity contribution < 1.29 is 9.94 Å². The van der Waals surface area contributed by atoms with Crippen LogP contribution in [0.5, 0.6) is 0 Å². The maximum absolute atomic E-state index is 8.33. The van der Waals surface area contributed by atoms with E-state index in [2.05, 4.69) is 11.2 Å². The molecule has 1 atom stereocenters. The van der Waals surface area contributed by atoms with Crippen molar-refractivity contribution >= 4 is 6.21 Å². The molecule has 0 saturated heterocycles. The molecule has 0 amide bonds. The summed E-state index contributed by atoms with van der Waals surface area (Å²) in [6.45, 7) is 0.849. The Kier molecular flexibility index (Phi) is 4.54. The van der Waals surface area contributed by atoms with E-state index in [1.807, 2.05) is 0 Å². The summed E-state index contributed by atoms with van der Waals surface area (Å²) >= 11 is 0. The molecule has 0 saturated carbocycles. The highest BCUT2D eigenvalue weighted by Crippen LogP contribution is 2.24. The lowest BCUT2D eigenvalue weighted by Gasteiger charge is -2.19. The van der Waals surface area contributed by atoms with Crippen molar-refractivity contribution in [3.05, 3.63) is 11.6 Å². The van der Waals surface area contributed by atoms with E-state index >= 15 is 0 Å². The number of hydrogen-bond donors (Lipinski definition) is 1. The van der Waals surface area contributed by atoms with Crippen molar-refractivity contribution in [2.24, 2.45) is 11.1 Å². The number of hydrogen-bond acceptors (Lipinski definition) is 3. The van der Waals surface area contributed by atoms with Crippen molar-refractivity contribution in [2.75, 3.05) is 13.7 Å². The van der Waals surface area contributed by atoms with Crippen molar-refractivity contribution in [3.8, 4) is 0 Å². The van der Waals surface area contributed by atoms with Crippen LogP contribution in [0.25, 0.3) is 0 Å².